The first kappa shape index (κ1) is 21.8. The van der Waals surface area contributed by atoms with Crippen LogP contribution in [0.2, 0.25) is 0 Å². The van der Waals surface area contributed by atoms with Crippen molar-refractivity contribution in [3.63, 3.8) is 0 Å². The summed E-state index contributed by atoms with van der Waals surface area (Å²) < 4.78 is 2.12. The van der Waals surface area contributed by atoms with E-state index in [1.807, 2.05) is 36.1 Å². The Morgan fingerprint density at radius 1 is 1.30 bits per heavy atom. The molecular weight excluding hydrogens is 378 g/mol. The van der Waals surface area contributed by atoms with E-state index in [4.69, 9.17) is 10.7 Å². The number of aromatic nitrogens is 2. The molecule has 7 heteroatoms. The van der Waals surface area contributed by atoms with E-state index in [2.05, 4.69) is 22.9 Å². The number of carbonyl (C=O) groups excluding carboxylic acids is 2. The van der Waals surface area contributed by atoms with Crippen LogP contribution in [0.1, 0.15) is 44.2 Å². The molecule has 7 nitrogen and oxygen atoms in total. The molecule has 1 fully saturated rings. The molecule has 1 aromatic carbocycles. The van der Waals surface area contributed by atoms with Gasteiger partial charge in [-0.2, -0.15) is 0 Å². The molecule has 2 aromatic rings. The van der Waals surface area contributed by atoms with E-state index in [0.717, 1.165) is 42.4 Å². The first-order valence-electron chi connectivity index (χ1n) is 10.6. The molecular formula is C23H31N5O2. The lowest BCUT2D eigenvalue weighted by molar-refractivity contribution is -0.126. The number of fused-ring (bicyclic) bond motifs is 1. The average Bonchev–Trinajstić information content (AvgIpc) is 2.93. The lowest BCUT2D eigenvalue weighted by Gasteiger charge is -2.26. The second-order valence-corrected chi connectivity index (χ2v) is 7.64. The van der Waals surface area contributed by atoms with Crippen LogP contribution in [0.4, 0.5) is 5.95 Å². The van der Waals surface area contributed by atoms with Gasteiger partial charge in [-0.15, -0.1) is 0 Å². The van der Waals surface area contributed by atoms with Gasteiger partial charge in [0.2, 0.25) is 17.8 Å². The summed E-state index contributed by atoms with van der Waals surface area (Å²) >= 11 is 0. The van der Waals surface area contributed by atoms with E-state index in [-0.39, 0.29) is 17.9 Å². The lowest BCUT2D eigenvalue weighted by Crippen LogP contribution is -2.34. The average molecular weight is 410 g/mol. The number of nitrogens with two attached hydrogens (primary N) is 1. The number of anilines is 1. The van der Waals surface area contributed by atoms with Gasteiger partial charge in [0.05, 0.1) is 17.1 Å². The summed E-state index contributed by atoms with van der Waals surface area (Å²) in [6, 6.07) is 6.02. The normalized spacial score (nSPS) is 17.7. The van der Waals surface area contributed by atoms with Gasteiger partial charge in [-0.3, -0.25) is 14.9 Å². The smallest absolute Gasteiger partial charge is 0.246 e. The number of aryl methyl sites for hydroxylation is 1. The van der Waals surface area contributed by atoms with Crippen molar-refractivity contribution in [1.29, 1.82) is 0 Å². The van der Waals surface area contributed by atoms with Crippen molar-refractivity contribution in [2.24, 2.45) is 5.73 Å². The molecule has 2 amide bonds. The predicted molar refractivity (Wildman–Crippen MR) is 120 cm³/mol. The fourth-order valence-corrected chi connectivity index (χ4v) is 3.97. The van der Waals surface area contributed by atoms with Crippen LogP contribution in [-0.4, -0.2) is 45.9 Å². The Labute approximate surface area is 177 Å². The number of hydrogen-bond acceptors (Lipinski definition) is 4. The number of nitrogens with one attached hydrogen (secondary N) is 1. The minimum absolute atomic E-state index is 0.0211. The molecule has 1 aliphatic rings. The monoisotopic (exact) mass is 409 g/mol. The van der Waals surface area contributed by atoms with Crippen LogP contribution >= 0.6 is 0 Å². The third-order valence-corrected chi connectivity index (χ3v) is 5.42. The number of benzene rings is 1. The zero-order valence-electron chi connectivity index (χ0n) is 17.8. The van der Waals surface area contributed by atoms with E-state index in [9.17, 15) is 9.59 Å². The lowest BCUT2D eigenvalue weighted by atomic mass is 10.1. The van der Waals surface area contributed by atoms with Gasteiger partial charge < -0.3 is 15.2 Å². The molecule has 1 saturated heterocycles. The first-order valence-corrected chi connectivity index (χ1v) is 10.6. The van der Waals surface area contributed by atoms with Crippen molar-refractivity contribution >= 4 is 28.8 Å². The maximum Gasteiger partial charge on any atom is 0.246 e. The molecule has 3 rings (SSSR count). The SMILES string of the molecule is C/C=C\CC(=O)Nc1nc2cccc(C)c2n1C1CCCCN(C(=O)/C=C/CN)C1. The molecule has 1 aliphatic heterocycles. The highest BCUT2D eigenvalue weighted by molar-refractivity contribution is 5.93. The number of allylic oxidation sites excluding steroid dienone is 1. The Bertz CT molecular complexity index is 960. The van der Waals surface area contributed by atoms with E-state index in [1.165, 1.54) is 0 Å². The van der Waals surface area contributed by atoms with E-state index < -0.39 is 0 Å². The standard InChI is InChI=1S/C23H31N5O2/c1-3-4-12-20(29)26-23-25-19-11-7-9-17(2)22(19)28(23)18-10-5-6-15-27(16-18)21(30)13-8-14-24/h3-4,7-9,11,13,18H,5-6,10,12,14-16,24H2,1-2H3,(H,25,26,29)/b4-3-,13-8+. The Hall–Kier alpha value is -2.93. The van der Waals surface area contributed by atoms with E-state index >= 15 is 0 Å². The van der Waals surface area contributed by atoms with Crippen LogP contribution in [0.3, 0.4) is 0 Å². The summed E-state index contributed by atoms with van der Waals surface area (Å²) in [5.74, 6) is 0.424. The predicted octanol–water partition coefficient (Wildman–Crippen LogP) is 3.32. The third-order valence-electron chi connectivity index (χ3n) is 5.42. The number of nitrogens with zero attached hydrogens (tertiary/aromatic N) is 3. The minimum atomic E-state index is -0.102. The van der Waals surface area contributed by atoms with Gasteiger partial charge in [-0.1, -0.05) is 30.4 Å². The number of carbonyl (C=O) groups is 2. The molecule has 3 N–H and O–H groups in total. The van der Waals surface area contributed by atoms with Crippen molar-refractivity contribution in [1.82, 2.24) is 14.5 Å². The molecule has 0 spiro atoms. The summed E-state index contributed by atoms with van der Waals surface area (Å²) in [6.07, 6.45) is 10.1. The molecule has 1 aromatic heterocycles. The third kappa shape index (κ3) is 4.97. The first-order chi connectivity index (χ1) is 14.5. The van der Waals surface area contributed by atoms with E-state index in [1.54, 1.807) is 12.2 Å². The zero-order valence-corrected chi connectivity index (χ0v) is 17.8. The minimum Gasteiger partial charge on any atom is -0.337 e. The summed E-state index contributed by atoms with van der Waals surface area (Å²) in [7, 11) is 0. The molecule has 160 valence electrons. The van der Waals surface area contributed by atoms with Crippen molar-refractivity contribution in [2.75, 3.05) is 25.0 Å². The zero-order chi connectivity index (χ0) is 21.5. The van der Waals surface area contributed by atoms with Crippen LogP contribution in [0.5, 0.6) is 0 Å². The van der Waals surface area contributed by atoms with Gasteiger partial charge in [0, 0.05) is 32.1 Å². The Morgan fingerprint density at radius 2 is 2.13 bits per heavy atom. The summed E-state index contributed by atoms with van der Waals surface area (Å²) in [5.41, 5.74) is 8.46. The molecule has 2 heterocycles. The summed E-state index contributed by atoms with van der Waals surface area (Å²) in [6.45, 7) is 5.58. The van der Waals surface area contributed by atoms with E-state index in [0.29, 0.717) is 25.5 Å². The second kappa shape index (κ2) is 10.2. The number of likely N-dealkylation sites (tertiary alicyclic amines) is 1. The van der Waals surface area contributed by atoms with Gasteiger partial charge in [0.15, 0.2) is 0 Å². The van der Waals surface area contributed by atoms with Crippen LogP contribution in [0, 0.1) is 6.92 Å². The molecule has 30 heavy (non-hydrogen) atoms. The number of imidazole rings is 1. The largest absolute Gasteiger partial charge is 0.337 e. The molecule has 1 atom stereocenters. The van der Waals surface area contributed by atoms with Crippen LogP contribution in [-0.2, 0) is 9.59 Å². The number of rotatable bonds is 6. The molecule has 0 saturated carbocycles. The fraction of sp³-hybridized carbons (Fsp3) is 0.435. The molecule has 0 bridgehead atoms. The number of amides is 2. The van der Waals surface area contributed by atoms with Crippen molar-refractivity contribution in [3.8, 4) is 0 Å². The maximum absolute atomic E-state index is 12.6. The van der Waals surface area contributed by atoms with Crippen molar-refractivity contribution in [2.45, 2.75) is 45.6 Å². The Balaban J connectivity index is 1.99. The van der Waals surface area contributed by atoms with Crippen LogP contribution in [0.25, 0.3) is 11.0 Å². The van der Waals surface area contributed by atoms with Crippen LogP contribution in [0.15, 0.2) is 42.5 Å². The highest BCUT2D eigenvalue weighted by atomic mass is 16.2. The Morgan fingerprint density at radius 3 is 2.90 bits per heavy atom. The molecule has 1 unspecified atom stereocenters. The molecule has 0 radical (unpaired) electrons. The quantitative estimate of drug-likeness (QED) is 0.565. The number of para-hydroxylation sites is 1. The summed E-state index contributed by atoms with van der Waals surface area (Å²) in [4.78, 5) is 31.6. The van der Waals surface area contributed by atoms with Gasteiger partial charge in [0.1, 0.15) is 0 Å². The van der Waals surface area contributed by atoms with Gasteiger partial charge >= 0.3 is 0 Å². The molecule has 0 aliphatic carbocycles. The topological polar surface area (TPSA) is 93.2 Å². The maximum atomic E-state index is 12.6. The van der Waals surface area contributed by atoms with Crippen molar-refractivity contribution < 1.29 is 9.59 Å². The Kier molecular flexibility index (Phi) is 7.41. The van der Waals surface area contributed by atoms with Gasteiger partial charge in [-0.25, -0.2) is 4.98 Å². The van der Waals surface area contributed by atoms with Gasteiger partial charge in [-0.05, 0) is 44.7 Å². The second-order valence-electron chi connectivity index (χ2n) is 7.64. The van der Waals surface area contributed by atoms with Crippen molar-refractivity contribution in [3.05, 3.63) is 48.1 Å². The fourth-order valence-electron chi connectivity index (χ4n) is 3.97. The van der Waals surface area contributed by atoms with Crippen LogP contribution < -0.4 is 11.1 Å². The highest BCUT2D eigenvalue weighted by Crippen LogP contribution is 2.32. The highest BCUT2D eigenvalue weighted by Gasteiger charge is 2.26. The number of hydrogen-bond donors (Lipinski definition) is 2. The van der Waals surface area contributed by atoms with Gasteiger partial charge in [0.25, 0.3) is 0 Å². The summed E-state index contributed by atoms with van der Waals surface area (Å²) in [5, 5.41) is 2.99.